The van der Waals surface area contributed by atoms with Crippen molar-refractivity contribution in [1.82, 2.24) is 4.90 Å². The molecule has 0 spiro atoms. The first kappa shape index (κ1) is 17.5. The van der Waals surface area contributed by atoms with E-state index in [1.807, 2.05) is 0 Å². The molecule has 0 aromatic heterocycles. The summed E-state index contributed by atoms with van der Waals surface area (Å²) in [6.45, 7) is 1.45. The number of hydrogen-bond donors (Lipinski definition) is 2. The van der Waals surface area contributed by atoms with Crippen LogP contribution < -0.4 is 15.4 Å². The highest BCUT2D eigenvalue weighted by molar-refractivity contribution is 6.03. The number of ether oxygens (including phenoxy) is 2. The van der Waals surface area contributed by atoms with Gasteiger partial charge in [-0.2, -0.15) is 0 Å². The Morgan fingerprint density at radius 3 is 2.62 bits per heavy atom. The summed E-state index contributed by atoms with van der Waals surface area (Å²) >= 11 is 0. The molecule has 1 aliphatic rings. The second-order valence-electron chi connectivity index (χ2n) is 5.13. The molecule has 1 heterocycles. The Morgan fingerprint density at radius 1 is 1.29 bits per heavy atom. The van der Waals surface area contributed by atoms with Crippen molar-refractivity contribution in [1.29, 1.82) is 0 Å². The van der Waals surface area contributed by atoms with Crippen molar-refractivity contribution >= 4 is 29.1 Å². The number of imide groups is 1. The smallest absolute Gasteiger partial charge is 0.255 e. The van der Waals surface area contributed by atoms with E-state index in [0.717, 1.165) is 4.90 Å². The van der Waals surface area contributed by atoms with Crippen molar-refractivity contribution in [3.05, 3.63) is 30.0 Å². The second kappa shape index (κ2) is 7.60. The van der Waals surface area contributed by atoms with Gasteiger partial charge in [0.05, 0.1) is 19.3 Å². The number of methoxy groups -OCH3 is 2. The van der Waals surface area contributed by atoms with Gasteiger partial charge >= 0.3 is 0 Å². The molecular formula is C16H19N3O5. The lowest BCUT2D eigenvalue weighted by atomic mass is 10.2. The van der Waals surface area contributed by atoms with E-state index in [-0.39, 0.29) is 30.9 Å². The van der Waals surface area contributed by atoms with Gasteiger partial charge in [0, 0.05) is 31.5 Å². The van der Waals surface area contributed by atoms with Crippen LogP contribution in [0, 0.1) is 0 Å². The van der Waals surface area contributed by atoms with Crippen LogP contribution in [-0.2, 0) is 19.1 Å². The molecule has 1 aromatic rings. The minimum atomic E-state index is -0.355. The lowest BCUT2D eigenvalue weighted by Crippen LogP contribution is -2.31. The minimum Gasteiger partial charge on any atom is -0.495 e. The largest absolute Gasteiger partial charge is 0.495 e. The number of rotatable bonds is 6. The van der Waals surface area contributed by atoms with Crippen LogP contribution in [-0.4, -0.2) is 50.0 Å². The minimum absolute atomic E-state index is 0.0754. The van der Waals surface area contributed by atoms with Crippen molar-refractivity contribution in [3.8, 4) is 5.75 Å². The zero-order valence-corrected chi connectivity index (χ0v) is 13.7. The molecule has 0 unspecified atom stereocenters. The Bertz CT molecular complexity index is 699. The molecule has 8 heteroatoms. The number of anilines is 2. The predicted molar refractivity (Wildman–Crippen MR) is 87.6 cm³/mol. The summed E-state index contributed by atoms with van der Waals surface area (Å²) in [6.07, 6.45) is 1.37. The lowest BCUT2D eigenvalue weighted by molar-refractivity contribution is -0.138. The Kier molecular flexibility index (Phi) is 5.54. The van der Waals surface area contributed by atoms with Gasteiger partial charge in [-0.25, -0.2) is 0 Å². The normalized spacial score (nSPS) is 13.5. The molecule has 2 N–H and O–H groups in total. The van der Waals surface area contributed by atoms with Gasteiger partial charge in [0.25, 0.3) is 5.91 Å². The fourth-order valence-corrected chi connectivity index (χ4v) is 2.25. The van der Waals surface area contributed by atoms with Crippen LogP contribution in [0.2, 0.25) is 0 Å². The molecule has 3 amide bonds. The van der Waals surface area contributed by atoms with Crippen molar-refractivity contribution in [3.63, 3.8) is 0 Å². The first-order valence-corrected chi connectivity index (χ1v) is 7.21. The molecule has 8 nitrogen and oxygen atoms in total. The Hall–Kier alpha value is -2.87. The van der Waals surface area contributed by atoms with E-state index in [2.05, 4.69) is 10.6 Å². The number of hydrogen-bond acceptors (Lipinski definition) is 6. The maximum atomic E-state index is 11.7. The molecule has 128 valence electrons. The predicted octanol–water partition coefficient (Wildman–Crippen LogP) is 0.965. The van der Waals surface area contributed by atoms with Crippen LogP contribution in [0.25, 0.3) is 0 Å². The molecule has 0 bridgehead atoms. The van der Waals surface area contributed by atoms with E-state index in [4.69, 9.17) is 9.47 Å². The van der Waals surface area contributed by atoms with Crippen LogP contribution in [0.4, 0.5) is 11.4 Å². The highest BCUT2D eigenvalue weighted by Gasteiger charge is 2.24. The summed E-state index contributed by atoms with van der Waals surface area (Å²) in [5, 5.41) is 5.74. The quantitative estimate of drug-likeness (QED) is 0.805. The van der Waals surface area contributed by atoms with Gasteiger partial charge in [0.15, 0.2) is 0 Å². The van der Waals surface area contributed by atoms with Crippen molar-refractivity contribution in [2.45, 2.75) is 6.92 Å². The average Bonchev–Trinajstić information content (AvgIpc) is 2.88. The summed E-state index contributed by atoms with van der Waals surface area (Å²) in [4.78, 5) is 35.9. The Labute approximate surface area is 139 Å². The third-order valence-corrected chi connectivity index (χ3v) is 3.33. The van der Waals surface area contributed by atoms with Gasteiger partial charge < -0.3 is 20.1 Å². The number of carbonyl (C=O) groups is 3. The first-order chi connectivity index (χ1) is 11.4. The second-order valence-corrected chi connectivity index (χ2v) is 5.13. The summed E-state index contributed by atoms with van der Waals surface area (Å²) in [5.41, 5.74) is 1.71. The molecule has 0 radical (unpaired) electrons. The summed E-state index contributed by atoms with van der Waals surface area (Å²) in [6, 6.07) is 5.10. The standard InChI is InChI=1S/C16H19N3O5/c1-10(20)19-8-12(7-16(19)22)17-11-4-5-14(24-3)13(6-11)18-15(21)9-23-2/h4-7,17H,8-9H2,1-3H3,(H,18,21). The highest BCUT2D eigenvalue weighted by atomic mass is 16.5. The van der Waals surface area contributed by atoms with E-state index >= 15 is 0 Å². The number of nitrogens with one attached hydrogen (secondary N) is 2. The number of benzene rings is 1. The van der Waals surface area contributed by atoms with Gasteiger partial charge in [-0.3, -0.25) is 19.3 Å². The number of carbonyl (C=O) groups excluding carboxylic acids is 3. The molecule has 1 aromatic carbocycles. The maximum absolute atomic E-state index is 11.7. The Balaban J connectivity index is 2.14. The fourth-order valence-electron chi connectivity index (χ4n) is 2.25. The van der Waals surface area contributed by atoms with E-state index in [0.29, 0.717) is 22.8 Å². The maximum Gasteiger partial charge on any atom is 0.255 e. The van der Waals surface area contributed by atoms with E-state index in [9.17, 15) is 14.4 Å². The van der Waals surface area contributed by atoms with Gasteiger partial charge in [0.1, 0.15) is 12.4 Å². The summed E-state index contributed by atoms with van der Waals surface area (Å²) in [5.74, 6) is -0.486. The van der Waals surface area contributed by atoms with Gasteiger partial charge in [0.2, 0.25) is 11.8 Å². The zero-order valence-electron chi connectivity index (χ0n) is 13.7. The third-order valence-electron chi connectivity index (χ3n) is 3.33. The van der Waals surface area contributed by atoms with Crippen molar-refractivity contribution in [2.24, 2.45) is 0 Å². The lowest BCUT2D eigenvalue weighted by Gasteiger charge is -2.15. The number of amides is 3. The monoisotopic (exact) mass is 333 g/mol. The van der Waals surface area contributed by atoms with Crippen LogP contribution in [0.1, 0.15) is 6.92 Å². The average molecular weight is 333 g/mol. The van der Waals surface area contributed by atoms with Crippen LogP contribution in [0.3, 0.4) is 0 Å². The summed E-state index contributed by atoms with van der Waals surface area (Å²) < 4.78 is 9.99. The van der Waals surface area contributed by atoms with E-state index in [1.165, 1.54) is 27.2 Å². The van der Waals surface area contributed by atoms with Crippen LogP contribution >= 0.6 is 0 Å². The van der Waals surface area contributed by atoms with E-state index in [1.54, 1.807) is 18.2 Å². The summed E-state index contributed by atoms with van der Waals surface area (Å²) in [7, 11) is 2.93. The molecule has 2 rings (SSSR count). The molecule has 0 aliphatic carbocycles. The molecular weight excluding hydrogens is 314 g/mol. The van der Waals surface area contributed by atoms with Crippen molar-refractivity contribution < 1.29 is 23.9 Å². The highest BCUT2D eigenvalue weighted by Crippen LogP contribution is 2.29. The molecule has 1 aliphatic heterocycles. The van der Waals surface area contributed by atoms with E-state index < -0.39 is 0 Å². The first-order valence-electron chi connectivity index (χ1n) is 7.21. The van der Waals surface area contributed by atoms with Gasteiger partial charge in [-0.15, -0.1) is 0 Å². The van der Waals surface area contributed by atoms with Gasteiger partial charge in [-0.05, 0) is 18.2 Å². The fraction of sp³-hybridized carbons (Fsp3) is 0.312. The van der Waals surface area contributed by atoms with Crippen LogP contribution in [0.5, 0.6) is 5.75 Å². The number of nitrogens with zero attached hydrogens (tertiary/aromatic N) is 1. The molecule has 0 saturated carbocycles. The topological polar surface area (TPSA) is 97.0 Å². The van der Waals surface area contributed by atoms with Gasteiger partial charge in [-0.1, -0.05) is 0 Å². The molecule has 24 heavy (non-hydrogen) atoms. The van der Waals surface area contributed by atoms with Crippen LogP contribution in [0.15, 0.2) is 30.0 Å². The Morgan fingerprint density at radius 2 is 2.04 bits per heavy atom. The third kappa shape index (κ3) is 4.11. The molecule has 0 atom stereocenters. The zero-order chi connectivity index (χ0) is 17.7. The van der Waals surface area contributed by atoms with Crippen molar-refractivity contribution in [2.75, 3.05) is 38.0 Å². The molecule has 0 fully saturated rings. The SMILES string of the molecule is COCC(=O)Nc1cc(NC2=CC(=O)N(C(C)=O)C2)ccc1OC. The molecule has 0 saturated heterocycles.